The Balaban J connectivity index is 3.34. The third kappa shape index (κ3) is 8.48. The summed E-state index contributed by atoms with van der Waals surface area (Å²) in [7, 11) is 0. The number of hydrogen-bond donors (Lipinski definition) is 2. The molecule has 0 aromatic carbocycles. The molecule has 0 saturated carbocycles. The van der Waals surface area contributed by atoms with Crippen molar-refractivity contribution in [2.75, 3.05) is 26.4 Å². The molecular weight excluding hydrogens is 178 g/mol. The van der Waals surface area contributed by atoms with Gasteiger partial charge < -0.3 is 15.2 Å². The van der Waals surface area contributed by atoms with Gasteiger partial charge in [0.1, 0.15) is 0 Å². The number of aliphatic hydroxyl groups excluding tert-OH is 1. The van der Waals surface area contributed by atoms with Gasteiger partial charge in [0.05, 0.1) is 6.61 Å². The monoisotopic (exact) mass is 203 g/mol. The van der Waals surface area contributed by atoms with Gasteiger partial charge in [0.25, 0.3) is 0 Å². The maximum absolute atomic E-state index is 8.81. The molecule has 0 aromatic rings. The molecular formula is C11H25NO2. The predicted octanol–water partition coefficient (Wildman–Crippen LogP) is 1.41. The lowest BCUT2D eigenvalue weighted by Gasteiger charge is -2.25. The summed E-state index contributed by atoms with van der Waals surface area (Å²) in [6.45, 7) is 11.1. The van der Waals surface area contributed by atoms with Crippen LogP contribution in [0.15, 0.2) is 0 Å². The van der Waals surface area contributed by atoms with Crippen LogP contribution in [0.5, 0.6) is 0 Å². The molecule has 3 nitrogen and oxygen atoms in total. The zero-order chi connectivity index (χ0) is 11.0. The van der Waals surface area contributed by atoms with Crippen LogP contribution < -0.4 is 5.32 Å². The summed E-state index contributed by atoms with van der Waals surface area (Å²) in [6.07, 6.45) is 0.775. The molecule has 0 atom stereocenters. The third-order valence-electron chi connectivity index (χ3n) is 2.04. The van der Waals surface area contributed by atoms with Crippen molar-refractivity contribution in [2.24, 2.45) is 5.92 Å². The third-order valence-corrected chi connectivity index (χ3v) is 2.04. The minimum atomic E-state index is 0.00986. The highest BCUT2D eigenvalue weighted by Crippen LogP contribution is 2.06. The molecule has 0 unspecified atom stereocenters. The first-order valence-corrected chi connectivity index (χ1v) is 5.41. The first-order chi connectivity index (χ1) is 6.48. The van der Waals surface area contributed by atoms with Crippen LogP contribution in [0, 0.1) is 5.92 Å². The van der Waals surface area contributed by atoms with Crippen molar-refractivity contribution in [2.45, 2.75) is 39.7 Å². The van der Waals surface area contributed by atoms with Gasteiger partial charge in [-0.1, -0.05) is 13.8 Å². The maximum atomic E-state index is 8.81. The molecule has 0 aromatic heterocycles. The van der Waals surface area contributed by atoms with E-state index >= 15 is 0 Å². The highest BCUT2D eigenvalue weighted by Gasteiger charge is 2.14. The van der Waals surface area contributed by atoms with Gasteiger partial charge in [-0.3, -0.25) is 0 Å². The molecule has 0 radical (unpaired) electrons. The average Bonchev–Trinajstić information content (AvgIpc) is 2.02. The van der Waals surface area contributed by atoms with Crippen molar-refractivity contribution < 1.29 is 9.84 Å². The van der Waals surface area contributed by atoms with Crippen molar-refractivity contribution in [3.63, 3.8) is 0 Å². The van der Waals surface area contributed by atoms with Crippen molar-refractivity contribution >= 4 is 0 Å². The van der Waals surface area contributed by atoms with Gasteiger partial charge >= 0.3 is 0 Å². The van der Waals surface area contributed by atoms with Gasteiger partial charge in [0.15, 0.2) is 0 Å². The number of ether oxygens (including phenoxy) is 1. The second-order valence-electron chi connectivity index (χ2n) is 4.75. The lowest BCUT2D eigenvalue weighted by Crippen LogP contribution is -2.41. The molecule has 86 valence electrons. The number of nitrogens with one attached hydrogen (secondary N) is 1. The minimum Gasteiger partial charge on any atom is -0.396 e. The van der Waals surface area contributed by atoms with E-state index in [0.29, 0.717) is 5.92 Å². The molecule has 14 heavy (non-hydrogen) atoms. The first-order valence-electron chi connectivity index (χ1n) is 5.41. The van der Waals surface area contributed by atoms with Crippen molar-refractivity contribution in [1.29, 1.82) is 0 Å². The topological polar surface area (TPSA) is 41.5 Å². The van der Waals surface area contributed by atoms with Gasteiger partial charge in [-0.25, -0.2) is 0 Å². The molecule has 0 fully saturated rings. The standard InChI is InChI=1S/C11H25NO2/c1-10(2)9-14-8-6-12-11(3,4)5-7-13/h10,12-13H,5-9H2,1-4H3. The van der Waals surface area contributed by atoms with Crippen LogP contribution >= 0.6 is 0 Å². The van der Waals surface area contributed by atoms with Crippen LogP contribution in [0.3, 0.4) is 0 Å². The number of aliphatic hydroxyl groups is 1. The lowest BCUT2D eigenvalue weighted by atomic mass is 10.0. The van der Waals surface area contributed by atoms with E-state index in [1.807, 2.05) is 0 Å². The quantitative estimate of drug-likeness (QED) is 0.586. The highest BCUT2D eigenvalue weighted by molar-refractivity contribution is 4.76. The number of hydrogen-bond acceptors (Lipinski definition) is 3. The van der Waals surface area contributed by atoms with E-state index in [9.17, 15) is 0 Å². The van der Waals surface area contributed by atoms with E-state index < -0.39 is 0 Å². The Morgan fingerprint density at radius 2 is 2.00 bits per heavy atom. The molecule has 0 aliphatic heterocycles. The maximum Gasteiger partial charge on any atom is 0.0591 e. The molecule has 0 saturated heterocycles. The largest absolute Gasteiger partial charge is 0.396 e. The molecule has 0 heterocycles. The zero-order valence-corrected chi connectivity index (χ0v) is 9.97. The fourth-order valence-electron chi connectivity index (χ4n) is 1.15. The van der Waals surface area contributed by atoms with Crippen molar-refractivity contribution in [3.05, 3.63) is 0 Å². The second-order valence-corrected chi connectivity index (χ2v) is 4.75. The summed E-state index contributed by atoms with van der Waals surface area (Å²) < 4.78 is 5.44. The molecule has 0 rings (SSSR count). The zero-order valence-electron chi connectivity index (χ0n) is 9.97. The van der Waals surface area contributed by atoms with E-state index in [0.717, 1.165) is 26.2 Å². The minimum absolute atomic E-state index is 0.00986. The molecule has 0 aliphatic rings. The average molecular weight is 203 g/mol. The number of rotatable bonds is 8. The Labute approximate surface area is 87.8 Å². The summed E-state index contributed by atoms with van der Waals surface area (Å²) in [4.78, 5) is 0. The molecule has 0 amide bonds. The van der Waals surface area contributed by atoms with Crippen LogP contribution in [0.1, 0.15) is 34.1 Å². The lowest BCUT2D eigenvalue weighted by molar-refractivity contribution is 0.105. The first kappa shape index (κ1) is 13.9. The molecule has 3 heteroatoms. The Morgan fingerprint density at radius 1 is 1.36 bits per heavy atom. The van der Waals surface area contributed by atoms with Gasteiger partial charge in [0.2, 0.25) is 0 Å². The molecule has 0 bridgehead atoms. The summed E-state index contributed by atoms with van der Waals surface area (Å²) in [6, 6.07) is 0. The van der Waals surface area contributed by atoms with Crippen LogP contribution in [-0.4, -0.2) is 37.0 Å². The Kier molecular flexibility index (Phi) is 7.15. The SMILES string of the molecule is CC(C)COCCNC(C)(C)CCO. The van der Waals surface area contributed by atoms with Crippen LogP contribution in [0.25, 0.3) is 0 Å². The molecule has 2 N–H and O–H groups in total. The fraction of sp³-hybridized carbons (Fsp3) is 1.00. The Bertz CT molecular complexity index is 135. The highest BCUT2D eigenvalue weighted by atomic mass is 16.5. The predicted molar refractivity (Wildman–Crippen MR) is 59.4 cm³/mol. The van der Waals surface area contributed by atoms with Crippen molar-refractivity contribution in [3.8, 4) is 0 Å². The summed E-state index contributed by atoms with van der Waals surface area (Å²) in [5.41, 5.74) is 0.00986. The fourth-order valence-corrected chi connectivity index (χ4v) is 1.15. The Hall–Kier alpha value is -0.120. The Morgan fingerprint density at radius 3 is 2.50 bits per heavy atom. The van der Waals surface area contributed by atoms with E-state index in [2.05, 4.69) is 33.0 Å². The van der Waals surface area contributed by atoms with E-state index in [4.69, 9.17) is 9.84 Å². The van der Waals surface area contributed by atoms with Crippen LogP contribution in [0.2, 0.25) is 0 Å². The van der Waals surface area contributed by atoms with Crippen LogP contribution in [-0.2, 0) is 4.74 Å². The van der Waals surface area contributed by atoms with Crippen molar-refractivity contribution in [1.82, 2.24) is 5.32 Å². The smallest absolute Gasteiger partial charge is 0.0591 e. The van der Waals surface area contributed by atoms with Crippen LogP contribution in [0.4, 0.5) is 0 Å². The summed E-state index contributed by atoms with van der Waals surface area (Å²) in [5, 5.41) is 12.2. The summed E-state index contributed by atoms with van der Waals surface area (Å²) >= 11 is 0. The van der Waals surface area contributed by atoms with E-state index in [1.54, 1.807) is 0 Å². The molecule has 0 aliphatic carbocycles. The van der Waals surface area contributed by atoms with Gasteiger partial charge in [0, 0.05) is 25.3 Å². The molecule has 0 spiro atoms. The van der Waals surface area contributed by atoms with Gasteiger partial charge in [-0.15, -0.1) is 0 Å². The normalized spacial score (nSPS) is 12.4. The van der Waals surface area contributed by atoms with E-state index in [1.165, 1.54) is 0 Å². The van der Waals surface area contributed by atoms with Gasteiger partial charge in [-0.2, -0.15) is 0 Å². The summed E-state index contributed by atoms with van der Waals surface area (Å²) in [5.74, 6) is 0.598. The van der Waals surface area contributed by atoms with Gasteiger partial charge in [-0.05, 0) is 26.2 Å². The second kappa shape index (κ2) is 7.21. The van der Waals surface area contributed by atoms with E-state index in [-0.39, 0.29) is 12.1 Å².